The molecule has 0 fully saturated rings. The van der Waals surface area contributed by atoms with Crippen LogP contribution in [-0.2, 0) is 14.4 Å². The molecule has 100 valence electrons. The van der Waals surface area contributed by atoms with Gasteiger partial charge in [0.2, 0.25) is 5.91 Å². The molecule has 2 amide bonds. The molecule has 3 atom stereocenters. The van der Waals surface area contributed by atoms with Crippen LogP contribution in [0.3, 0.4) is 0 Å². The lowest BCUT2D eigenvalue weighted by Gasteiger charge is -2.21. The Morgan fingerprint density at radius 2 is 2.06 bits per heavy atom. The quantitative estimate of drug-likeness (QED) is 0.529. The second-order valence-corrected chi connectivity index (χ2v) is 9.51. The smallest absolute Gasteiger partial charge is 0.262 e. The molecule has 0 radical (unpaired) electrons. The summed E-state index contributed by atoms with van der Waals surface area (Å²) in [6.45, 7) is 0. The first-order valence-corrected chi connectivity index (χ1v) is 9.58. The number of rotatable bonds is 7. The van der Waals surface area contributed by atoms with Crippen molar-refractivity contribution in [3.63, 3.8) is 0 Å². The van der Waals surface area contributed by atoms with E-state index in [1.54, 1.807) is 7.05 Å². The molecular weight excluding hydrogens is 279 g/mol. The van der Waals surface area contributed by atoms with E-state index in [0.29, 0.717) is 12.8 Å². The zero-order valence-corrected chi connectivity index (χ0v) is 13.5. The van der Waals surface area contributed by atoms with E-state index in [1.165, 1.54) is 14.2 Å². The van der Waals surface area contributed by atoms with Crippen molar-refractivity contribution >= 4 is 37.1 Å². The standard InChI is InChI=1S/C8H20N3O3P3/c1-9-6(8(13)11(2)14-3)4-5-7(12)10-17(15)16/h6,9H,4-5,15-16H2,1-3H3,(H,10,12). The van der Waals surface area contributed by atoms with E-state index >= 15 is 0 Å². The second kappa shape index (κ2) is 9.13. The summed E-state index contributed by atoms with van der Waals surface area (Å²) in [7, 11) is 9.06. The summed E-state index contributed by atoms with van der Waals surface area (Å²) < 4.78 is 0. The van der Waals surface area contributed by atoms with Gasteiger partial charge in [-0.2, -0.15) is 0 Å². The van der Waals surface area contributed by atoms with Crippen LogP contribution in [0.5, 0.6) is 0 Å². The molecule has 0 aliphatic heterocycles. The van der Waals surface area contributed by atoms with Crippen LogP contribution in [-0.4, -0.2) is 44.1 Å². The van der Waals surface area contributed by atoms with Gasteiger partial charge in [-0.25, -0.2) is 5.06 Å². The Morgan fingerprint density at radius 1 is 1.47 bits per heavy atom. The Balaban J connectivity index is 4.14. The molecule has 0 aliphatic rings. The van der Waals surface area contributed by atoms with Crippen LogP contribution in [0.4, 0.5) is 0 Å². The zero-order valence-electron chi connectivity index (χ0n) is 10.3. The second-order valence-electron chi connectivity index (χ2n) is 3.34. The molecule has 3 unspecified atom stereocenters. The molecule has 0 bridgehead atoms. The topological polar surface area (TPSA) is 70.7 Å². The van der Waals surface area contributed by atoms with Crippen molar-refractivity contribution < 1.29 is 14.4 Å². The molecule has 0 saturated heterocycles. The Morgan fingerprint density at radius 3 is 2.47 bits per heavy atom. The Labute approximate surface area is 108 Å². The van der Waals surface area contributed by atoms with Gasteiger partial charge in [0.1, 0.15) is 0 Å². The van der Waals surface area contributed by atoms with Crippen molar-refractivity contribution in [2.45, 2.75) is 18.9 Å². The van der Waals surface area contributed by atoms with E-state index in [4.69, 9.17) is 4.84 Å². The highest BCUT2D eigenvalue weighted by atomic mass is 32.4. The Bertz CT molecular complexity index is 266. The van der Waals surface area contributed by atoms with Crippen molar-refractivity contribution in [1.82, 2.24) is 15.5 Å². The fourth-order valence-corrected chi connectivity index (χ4v) is 2.44. The zero-order chi connectivity index (χ0) is 13.4. The van der Waals surface area contributed by atoms with E-state index in [9.17, 15) is 9.59 Å². The number of carbonyl (C=O) groups excluding carboxylic acids is 2. The Hall–Kier alpha value is 0.150. The number of carbonyl (C=O) groups is 2. The molecule has 0 heterocycles. The summed E-state index contributed by atoms with van der Waals surface area (Å²) in [5.41, 5.74) is 0. The van der Waals surface area contributed by atoms with Crippen LogP contribution in [0.15, 0.2) is 0 Å². The van der Waals surface area contributed by atoms with Gasteiger partial charge in [0.05, 0.1) is 13.2 Å². The summed E-state index contributed by atoms with van der Waals surface area (Å²) >= 11 is 0. The van der Waals surface area contributed by atoms with Gasteiger partial charge in [-0.15, -0.1) is 0 Å². The molecule has 0 saturated carbocycles. The lowest BCUT2D eigenvalue weighted by molar-refractivity contribution is -0.171. The SMILES string of the molecule is CNC(CCC(=O)NP(P)P)C(=O)N(C)OC. The van der Waals surface area contributed by atoms with E-state index in [1.807, 2.05) is 0 Å². The molecule has 6 nitrogen and oxygen atoms in total. The first-order chi connectivity index (χ1) is 7.92. The number of hydroxylamine groups is 2. The van der Waals surface area contributed by atoms with Crippen LogP contribution in [0.2, 0.25) is 0 Å². The van der Waals surface area contributed by atoms with E-state index in [2.05, 4.69) is 28.3 Å². The number of nitrogens with zero attached hydrogens (tertiary/aromatic N) is 1. The molecule has 17 heavy (non-hydrogen) atoms. The Kier molecular flexibility index (Phi) is 9.21. The minimum Gasteiger partial charge on any atom is -0.329 e. The third kappa shape index (κ3) is 7.23. The fourth-order valence-electron chi connectivity index (χ4n) is 1.18. The van der Waals surface area contributed by atoms with Gasteiger partial charge >= 0.3 is 0 Å². The van der Waals surface area contributed by atoms with Gasteiger partial charge in [0.25, 0.3) is 5.91 Å². The monoisotopic (exact) mass is 299 g/mol. The molecular formula is C8H20N3O3P3. The highest BCUT2D eigenvalue weighted by Crippen LogP contribution is 2.48. The van der Waals surface area contributed by atoms with Crippen molar-refractivity contribution in [3.05, 3.63) is 0 Å². The van der Waals surface area contributed by atoms with Crippen LogP contribution < -0.4 is 10.4 Å². The van der Waals surface area contributed by atoms with Crippen LogP contribution in [0.1, 0.15) is 12.8 Å². The summed E-state index contributed by atoms with van der Waals surface area (Å²) in [6, 6.07) is -0.411. The van der Waals surface area contributed by atoms with Gasteiger partial charge in [0.15, 0.2) is 0 Å². The third-order valence-corrected chi connectivity index (χ3v) is 3.43. The summed E-state index contributed by atoms with van der Waals surface area (Å²) in [6.07, 6.45) is 0.740. The maximum absolute atomic E-state index is 11.7. The van der Waals surface area contributed by atoms with E-state index < -0.39 is 13.5 Å². The fraction of sp³-hybridized carbons (Fsp3) is 0.750. The molecule has 0 aromatic carbocycles. The van der Waals surface area contributed by atoms with Gasteiger partial charge in [-0.3, -0.25) is 14.4 Å². The van der Waals surface area contributed by atoms with Crippen LogP contribution in [0.25, 0.3) is 0 Å². The summed E-state index contributed by atoms with van der Waals surface area (Å²) in [5.74, 6) is -0.254. The van der Waals surface area contributed by atoms with Crippen molar-refractivity contribution in [2.24, 2.45) is 0 Å². The minimum absolute atomic E-state index is 0.0609. The van der Waals surface area contributed by atoms with Gasteiger partial charge in [-0.1, -0.05) is 17.9 Å². The maximum Gasteiger partial charge on any atom is 0.262 e. The average molecular weight is 299 g/mol. The molecule has 9 heteroatoms. The third-order valence-electron chi connectivity index (χ3n) is 2.14. The van der Waals surface area contributed by atoms with E-state index in [0.717, 1.165) is 5.06 Å². The number of hydrogen-bond donors (Lipinski definition) is 2. The largest absolute Gasteiger partial charge is 0.329 e. The minimum atomic E-state index is -0.612. The summed E-state index contributed by atoms with van der Waals surface area (Å²) in [5, 5.41) is 6.79. The summed E-state index contributed by atoms with van der Waals surface area (Å²) in [4.78, 5) is 28.0. The van der Waals surface area contributed by atoms with Gasteiger partial charge < -0.3 is 10.4 Å². The van der Waals surface area contributed by atoms with Gasteiger partial charge in [0, 0.05) is 20.9 Å². The highest BCUT2D eigenvalue weighted by Gasteiger charge is 2.21. The highest BCUT2D eigenvalue weighted by molar-refractivity contribution is 8.42. The number of nitrogens with one attached hydrogen (secondary N) is 2. The van der Waals surface area contributed by atoms with Crippen molar-refractivity contribution in [2.75, 3.05) is 21.2 Å². The van der Waals surface area contributed by atoms with E-state index in [-0.39, 0.29) is 11.8 Å². The van der Waals surface area contributed by atoms with Gasteiger partial charge in [-0.05, 0) is 13.5 Å². The number of amides is 2. The lowest BCUT2D eigenvalue weighted by atomic mass is 10.1. The van der Waals surface area contributed by atoms with Crippen LogP contribution in [0, 0.1) is 0 Å². The average Bonchev–Trinajstić information content (AvgIpc) is 2.27. The molecule has 0 spiro atoms. The number of likely N-dealkylation sites (N-methyl/N-ethyl adjacent to an activating group) is 2. The molecule has 0 rings (SSSR count). The predicted molar refractivity (Wildman–Crippen MR) is 76.3 cm³/mol. The van der Waals surface area contributed by atoms with Crippen LogP contribution >= 0.6 is 25.3 Å². The first-order valence-electron chi connectivity index (χ1n) is 5.00. The number of hydrogen-bond acceptors (Lipinski definition) is 4. The maximum atomic E-state index is 11.7. The molecule has 2 N–H and O–H groups in total. The molecule has 0 aromatic rings. The predicted octanol–water partition coefficient (Wildman–Crippen LogP) is 0.468. The van der Waals surface area contributed by atoms with Crippen molar-refractivity contribution in [3.8, 4) is 0 Å². The molecule has 0 aromatic heterocycles. The first kappa shape index (κ1) is 17.2. The van der Waals surface area contributed by atoms with Crippen molar-refractivity contribution in [1.29, 1.82) is 0 Å². The normalized spacial score (nSPS) is 12.4. The lowest BCUT2D eigenvalue weighted by Crippen LogP contribution is -2.43. The molecule has 0 aliphatic carbocycles.